The van der Waals surface area contributed by atoms with E-state index in [2.05, 4.69) is 15.9 Å². The number of hydrogen-bond donors (Lipinski definition) is 1. The average molecular weight is 412 g/mol. The summed E-state index contributed by atoms with van der Waals surface area (Å²) >= 11 is 3.34. The van der Waals surface area contributed by atoms with E-state index in [1.165, 1.54) is 0 Å². The van der Waals surface area contributed by atoms with Crippen LogP contribution in [-0.4, -0.2) is 43.3 Å². The Morgan fingerprint density at radius 1 is 1.36 bits per heavy atom. The van der Waals surface area contributed by atoms with Crippen molar-refractivity contribution >= 4 is 44.1 Å². The Hall–Kier alpha value is -0.630. The molecule has 1 aliphatic heterocycles. The standard InChI is InChI=1S/C14H19BrN2O3S.ClH/c1-10-9-17(7-8-21(10,19)20)13(18)14(2,16)11-3-5-12(15)6-4-11;/h3-6,10H,7-9,16H2,1-2H3;1H. The van der Waals surface area contributed by atoms with Crippen molar-refractivity contribution in [3.05, 3.63) is 34.3 Å². The van der Waals surface area contributed by atoms with E-state index >= 15 is 0 Å². The summed E-state index contributed by atoms with van der Waals surface area (Å²) in [4.78, 5) is 14.2. The van der Waals surface area contributed by atoms with Crippen LogP contribution in [-0.2, 0) is 20.2 Å². The molecule has 0 aromatic heterocycles. The minimum Gasteiger partial charge on any atom is -0.338 e. The summed E-state index contributed by atoms with van der Waals surface area (Å²) in [5.74, 6) is -0.248. The number of carbonyl (C=O) groups excluding carboxylic acids is 1. The van der Waals surface area contributed by atoms with Crippen LogP contribution in [0.2, 0.25) is 0 Å². The van der Waals surface area contributed by atoms with Crippen LogP contribution in [0, 0.1) is 0 Å². The molecule has 0 spiro atoms. The Kier molecular flexibility index (Phi) is 6.06. The first-order valence-electron chi connectivity index (χ1n) is 6.70. The van der Waals surface area contributed by atoms with Crippen molar-refractivity contribution in [1.82, 2.24) is 4.90 Å². The van der Waals surface area contributed by atoms with Crippen molar-refractivity contribution in [3.8, 4) is 0 Å². The van der Waals surface area contributed by atoms with E-state index in [0.29, 0.717) is 5.56 Å². The highest BCUT2D eigenvalue weighted by atomic mass is 79.9. The van der Waals surface area contributed by atoms with Gasteiger partial charge in [0.15, 0.2) is 9.84 Å². The van der Waals surface area contributed by atoms with Crippen LogP contribution in [0.15, 0.2) is 28.7 Å². The largest absolute Gasteiger partial charge is 0.338 e. The summed E-state index contributed by atoms with van der Waals surface area (Å²) in [7, 11) is -3.08. The van der Waals surface area contributed by atoms with Gasteiger partial charge in [0.2, 0.25) is 5.91 Å². The number of nitrogens with two attached hydrogens (primary N) is 1. The molecule has 1 saturated heterocycles. The summed E-state index contributed by atoms with van der Waals surface area (Å²) in [6.45, 7) is 3.69. The zero-order valence-electron chi connectivity index (χ0n) is 12.5. The first-order valence-corrected chi connectivity index (χ1v) is 9.21. The van der Waals surface area contributed by atoms with Crippen LogP contribution in [0.25, 0.3) is 0 Å². The summed E-state index contributed by atoms with van der Waals surface area (Å²) in [6.07, 6.45) is 0. The monoisotopic (exact) mass is 410 g/mol. The fourth-order valence-corrected chi connectivity index (χ4v) is 3.93. The van der Waals surface area contributed by atoms with Crippen LogP contribution in [0.1, 0.15) is 19.4 Å². The molecule has 1 amide bonds. The molecule has 5 nitrogen and oxygen atoms in total. The molecule has 0 aliphatic carbocycles. The first-order chi connectivity index (χ1) is 9.64. The van der Waals surface area contributed by atoms with Crippen LogP contribution in [0.4, 0.5) is 0 Å². The zero-order valence-corrected chi connectivity index (χ0v) is 15.7. The molecule has 2 unspecified atom stereocenters. The lowest BCUT2D eigenvalue weighted by Crippen LogP contribution is -2.56. The van der Waals surface area contributed by atoms with E-state index in [9.17, 15) is 13.2 Å². The number of carbonyl (C=O) groups is 1. The van der Waals surface area contributed by atoms with Gasteiger partial charge in [0, 0.05) is 17.6 Å². The highest BCUT2D eigenvalue weighted by molar-refractivity contribution is 9.10. The Labute approximate surface area is 145 Å². The lowest BCUT2D eigenvalue weighted by Gasteiger charge is -2.36. The Morgan fingerprint density at radius 2 is 1.91 bits per heavy atom. The number of nitrogens with zero attached hydrogens (tertiary/aromatic N) is 1. The quantitative estimate of drug-likeness (QED) is 0.803. The summed E-state index contributed by atoms with van der Waals surface area (Å²) in [6, 6.07) is 7.26. The SMILES string of the molecule is CC1CN(C(=O)C(C)(N)c2ccc(Br)cc2)CCS1(=O)=O.Cl. The second kappa shape index (κ2) is 6.86. The maximum atomic E-state index is 12.7. The van der Waals surface area contributed by atoms with Gasteiger partial charge in [0.1, 0.15) is 5.54 Å². The number of amides is 1. The molecule has 2 rings (SSSR count). The smallest absolute Gasteiger partial charge is 0.247 e. The Morgan fingerprint density at radius 3 is 2.41 bits per heavy atom. The Balaban J connectivity index is 0.00000242. The van der Waals surface area contributed by atoms with E-state index in [4.69, 9.17) is 5.73 Å². The first kappa shape index (κ1) is 19.4. The molecular formula is C14H20BrClN2O3S. The van der Waals surface area contributed by atoms with E-state index in [0.717, 1.165) is 4.47 Å². The molecule has 0 bridgehead atoms. The van der Waals surface area contributed by atoms with E-state index in [1.54, 1.807) is 30.9 Å². The number of benzene rings is 1. The molecule has 8 heteroatoms. The molecule has 124 valence electrons. The third kappa shape index (κ3) is 3.82. The van der Waals surface area contributed by atoms with Gasteiger partial charge < -0.3 is 10.6 Å². The van der Waals surface area contributed by atoms with E-state index < -0.39 is 20.6 Å². The van der Waals surface area contributed by atoms with Crippen molar-refractivity contribution in [2.24, 2.45) is 5.73 Å². The van der Waals surface area contributed by atoms with Gasteiger partial charge in [-0.2, -0.15) is 0 Å². The number of hydrogen-bond acceptors (Lipinski definition) is 4. The minimum atomic E-state index is -3.08. The summed E-state index contributed by atoms with van der Waals surface area (Å²) < 4.78 is 24.4. The third-order valence-corrected chi connectivity index (χ3v) is 6.57. The zero-order chi connectivity index (χ0) is 15.8. The molecule has 2 atom stereocenters. The maximum absolute atomic E-state index is 12.7. The van der Waals surface area contributed by atoms with Crippen molar-refractivity contribution in [2.75, 3.05) is 18.8 Å². The molecule has 2 N–H and O–H groups in total. The van der Waals surface area contributed by atoms with Crippen LogP contribution < -0.4 is 5.73 Å². The number of halogens is 2. The molecule has 1 aliphatic rings. The third-order valence-electron chi connectivity index (χ3n) is 3.91. The van der Waals surface area contributed by atoms with E-state index in [1.807, 2.05) is 12.1 Å². The van der Waals surface area contributed by atoms with E-state index in [-0.39, 0.29) is 37.2 Å². The van der Waals surface area contributed by atoms with Gasteiger partial charge in [-0.15, -0.1) is 12.4 Å². The summed E-state index contributed by atoms with van der Waals surface area (Å²) in [5.41, 5.74) is 5.76. The topological polar surface area (TPSA) is 80.5 Å². The second-order valence-corrected chi connectivity index (χ2v) is 9.09. The normalized spacial score (nSPS) is 23.3. The minimum absolute atomic E-state index is 0. The van der Waals surface area contributed by atoms with Crippen LogP contribution in [0.3, 0.4) is 0 Å². The van der Waals surface area contributed by atoms with Gasteiger partial charge in [0.05, 0.1) is 11.0 Å². The van der Waals surface area contributed by atoms with Crippen molar-refractivity contribution in [1.29, 1.82) is 0 Å². The van der Waals surface area contributed by atoms with Gasteiger partial charge >= 0.3 is 0 Å². The number of rotatable bonds is 2. The Bertz CT molecular complexity index is 647. The van der Waals surface area contributed by atoms with Gasteiger partial charge in [-0.3, -0.25) is 4.79 Å². The lowest BCUT2D eigenvalue weighted by atomic mass is 9.91. The molecule has 1 aromatic rings. The van der Waals surface area contributed by atoms with Crippen molar-refractivity contribution in [2.45, 2.75) is 24.6 Å². The van der Waals surface area contributed by atoms with Crippen LogP contribution in [0.5, 0.6) is 0 Å². The lowest BCUT2D eigenvalue weighted by molar-refractivity contribution is -0.136. The fraction of sp³-hybridized carbons (Fsp3) is 0.500. The predicted molar refractivity (Wildman–Crippen MR) is 92.8 cm³/mol. The van der Waals surface area contributed by atoms with Gasteiger partial charge in [0.25, 0.3) is 0 Å². The van der Waals surface area contributed by atoms with Crippen LogP contribution >= 0.6 is 28.3 Å². The molecule has 1 heterocycles. The van der Waals surface area contributed by atoms with Crippen molar-refractivity contribution < 1.29 is 13.2 Å². The predicted octanol–water partition coefficient (Wildman–Crippen LogP) is 1.69. The maximum Gasteiger partial charge on any atom is 0.247 e. The molecule has 22 heavy (non-hydrogen) atoms. The van der Waals surface area contributed by atoms with Gasteiger partial charge in [-0.1, -0.05) is 28.1 Å². The molecule has 1 fully saturated rings. The molecule has 1 aromatic carbocycles. The highest BCUT2D eigenvalue weighted by Crippen LogP contribution is 2.24. The van der Waals surface area contributed by atoms with Crippen molar-refractivity contribution in [3.63, 3.8) is 0 Å². The average Bonchev–Trinajstić information content (AvgIpc) is 2.41. The molecule has 0 saturated carbocycles. The van der Waals surface area contributed by atoms with Gasteiger partial charge in [-0.25, -0.2) is 8.42 Å². The number of sulfone groups is 1. The fourth-order valence-electron chi connectivity index (χ4n) is 2.39. The second-order valence-electron chi connectivity index (χ2n) is 5.64. The molecule has 0 radical (unpaired) electrons. The highest BCUT2D eigenvalue weighted by Gasteiger charge is 2.39. The van der Waals surface area contributed by atoms with Gasteiger partial charge in [-0.05, 0) is 31.5 Å². The molecular weight excluding hydrogens is 392 g/mol. The summed E-state index contributed by atoms with van der Waals surface area (Å²) in [5, 5.41) is -0.545.